The number of nitrogens with one attached hydrogen (secondary N) is 2. The Bertz CT molecular complexity index is 2920. The molecule has 5 amide bonds. The number of aryl methyl sites for hydroxylation is 1. The number of likely N-dealkylation sites (tertiary alicyclic amines) is 2. The SMILES string of the molecule is C[C@H]1c2c(cc(F)c(Cl)c2-c2c(C(N)=O)ccc(OCCO)c2F)OC1(CNC1CCC(C(=O)N2CCC(CN3CCC(c4ccc5c(N6CCC(=O)NC6=O)nn(C)c5c4)CC3)CC2)CC1)c1ccccc1. The number of hydrogen-bond donors (Lipinski definition) is 4. The van der Waals surface area contributed by atoms with E-state index < -0.39 is 40.1 Å². The van der Waals surface area contributed by atoms with Gasteiger partial charge in [0.05, 0.1) is 22.7 Å². The largest absolute Gasteiger partial charge is 0.488 e. The molecule has 1 aromatic heterocycles. The summed E-state index contributed by atoms with van der Waals surface area (Å²) in [6.07, 6.45) is 7.42. The van der Waals surface area contributed by atoms with E-state index in [0.717, 1.165) is 101 Å². The van der Waals surface area contributed by atoms with Crippen LogP contribution in [0.1, 0.15) is 104 Å². The average molecular weight is 1020 g/mol. The maximum atomic E-state index is 16.5. The molecular formula is C55H63ClF2N8O7. The fourth-order valence-corrected chi connectivity index (χ4v) is 12.5. The molecule has 4 fully saturated rings. The molecule has 0 bridgehead atoms. The number of urea groups is 1. The van der Waals surface area contributed by atoms with E-state index in [-0.39, 0.29) is 71.6 Å². The number of nitrogens with zero attached hydrogens (tertiary/aromatic N) is 5. The van der Waals surface area contributed by atoms with E-state index >= 15 is 8.78 Å². The van der Waals surface area contributed by atoms with Gasteiger partial charge in [0.25, 0.3) is 0 Å². The van der Waals surface area contributed by atoms with Crippen LogP contribution in [0.3, 0.4) is 0 Å². The Morgan fingerprint density at radius 2 is 1.68 bits per heavy atom. The lowest BCUT2D eigenvalue weighted by Crippen LogP contribution is -2.49. The maximum absolute atomic E-state index is 16.5. The second-order valence-corrected chi connectivity index (χ2v) is 20.9. The highest BCUT2D eigenvalue weighted by molar-refractivity contribution is 6.34. The number of halogens is 3. The first-order chi connectivity index (χ1) is 35.2. The van der Waals surface area contributed by atoms with Gasteiger partial charge >= 0.3 is 6.03 Å². The third-order valence-electron chi connectivity index (χ3n) is 16.3. The highest BCUT2D eigenvalue weighted by Gasteiger charge is 2.50. The van der Waals surface area contributed by atoms with Crippen LogP contribution in [0.15, 0.2) is 66.7 Å². The van der Waals surface area contributed by atoms with Gasteiger partial charge in [0.15, 0.2) is 23.0 Å². The molecule has 0 radical (unpaired) electrons. The van der Waals surface area contributed by atoms with Crippen molar-refractivity contribution in [3.05, 3.63) is 106 Å². The van der Waals surface area contributed by atoms with E-state index in [1.807, 2.05) is 49.0 Å². The standard InChI is InChI=1S/C55H63ClF2N8O7/c1-32-46-44(29-41(57)49(56)48(46)47-40(51(59)69)14-15-43(50(47)58)72-27-26-67)73-55(32,37-6-4-3-5-7-37)31-60-38-11-8-35(9-12-38)53(70)65-23-16-33(17-24-65)30-64-21-18-34(19-22-64)36-10-13-39-42(28-36)63(2)62-52(39)66-25-20-45(68)61-54(66)71/h3-7,10,13-15,28-29,32-35,38,60,67H,8-9,11-12,16-27,30-31H2,1-2H3,(H2,59,69)(H,61,68,71)/t32-,35?,38?,55?/m0/s1. The van der Waals surface area contributed by atoms with Crippen LogP contribution < -0.4 is 30.7 Å². The Hall–Kier alpha value is -6.14. The Morgan fingerprint density at radius 3 is 2.38 bits per heavy atom. The zero-order valence-corrected chi connectivity index (χ0v) is 42.1. The quantitative estimate of drug-likeness (QED) is 0.0858. The zero-order valence-electron chi connectivity index (χ0n) is 41.3. The summed E-state index contributed by atoms with van der Waals surface area (Å²) in [5, 5.41) is 20.7. The normalized spacial score (nSPS) is 23.1. The van der Waals surface area contributed by atoms with Crippen LogP contribution in [0.5, 0.6) is 11.5 Å². The van der Waals surface area contributed by atoms with Gasteiger partial charge in [-0.3, -0.25) is 29.3 Å². The van der Waals surface area contributed by atoms with Crippen LogP contribution in [0.2, 0.25) is 5.02 Å². The number of carbonyl (C=O) groups is 4. The lowest BCUT2D eigenvalue weighted by Gasteiger charge is -2.40. The van der Waals surface area contributed by atoms with Gasteiger partial charge in [-0.2, -0.15) is 5.10 Å². The molecule has 18 heteroatoms. The van der Waals surface area contributed by atoms with Crippen LogP contribution >= 0.6 is 11.6 Å². The number of benzene rings is 4. The van der Waals surface area contributed by atoms with E-state index in [4.69, 9.17) is 26.8 Å². The molecule has 1 aliphatic carbocycles. The monoisotopic (exact) mass is 1020 g/mol. The van der Waals surface area contributed by atoms with Crippen LogP contribution in [-0.2, 0) is 22.2 Å². The third kappa shape index (κ3) is 9.76. The minimum absolute atomic E-state index is 0.0474. The molecule has 0 spiro atoms. The van der Waals surface area contributed by atoms with Gasteiger partial charge in [0.1, 0.15) is 18.2 Å². The predicted octanol–water partition coefficient (Wildman–Crippen LogP) is 7.75. The van der Waals surface area contributed by atoms with E-state index in [9.17, 15) is 24.3 Å². The topological polar surface area (TPSA) is 185 Å². The number of aliphatic hydroxyl groups excluding tert-OH is 1. The van der Waals surface area contributed by atoms with Gasteiger partial charge in [0, 0.05) is 92.2 Å². The van der Waals surface area contributed by atoms with Crippen LogP contribution in [0.25, 0.3) is 22.0 Å². The van der Waals surface area contributed by atoms with Gasteiger partial charge in [0.2, 0.25) is 17.7 Å². The number of fused-ring (bicyclic) bond motifs is 2. The summed E-state index contributed by atoms with van der Waals surface area (Å²) in [6.45, 7) is 6.55. The lowest BCUT2D eigenvalue weighted by molar-refractivity contribution is -0.138. The van der Waals surface area contributed by atoms with Gasteiger partial charge in [-0.05, 0) is 112 Å². The van der Waals surface area contributed by atoms with Crippen molar-refractivity contribution in [3.8, 4) is 22.6 Å². The molecule has 2 atom stereocenters. The van der Waals surface area contributed by atoms with Crippen molar-refractivity contribution in [2.24, 2.45) is 24.6 Å². The fourth-order valence-electron chi connectivity index (χ4n) is 12.2. The highest BCUT2D eigenvalue weighted by atomic mass is 35.5. The molecule has 386 valence electrons. The second-order valence-electron chi connectivity index (χ2n) is 20.5. The van der Waals surface area contributed by atoms with Crippen LogP contribution in [-0.4, -0.2) is 114 Å². The zero-order chi connectivity index (χ0) is 51.1. The molecule has 1 unspecified atom stereocenters. The molecule has 10 rings (SSSR count). The Labute approximate surface area is 428 Å². The molecule has 15 nitrogen and oxygen atoms in total. The third-order valence-corrected chi connectivity index (χ3v) is 16.6. The number of piperidine rings is 2. The van der Waals surface area contributed by atoms with Gasteiger partial charge in [-0.1, -0.05) is 54.9 Å². The second kappa shape index (κ2) is 21.0. The van der Waals surface area contributed by atoms with Crippen molar-refractivity contribution in [2.75, 3.05) is 63.9 Å². The summed E-state index contributed by atoms with van der Waals surface area (Å²) in [4.78, 5) is 57.3. The smallest absolute Gasteiger partial charge is 0.329 e. The number of aliphatic hydroxyl groups is 1. The van der Waals surface area contributed by atoms with Gasteiger partial charge in [-0.15, -0.1) is 0 Å². The number of hydrogen-bond acceptors (Lipinski definition) is 10. The van der Waals surface area contributed by atoms with Crippen molar-refractivity contribution in [2.45, 2.75) is 88.2 Å². The fraction of sp³-hybridized carbons (Fsp3) is 0.473. The molecule has 5 aliphatic rings. The molecule has 4 aromatic carbocycles. The van der Waals surface area contributed by atoms with E-state index in [2.05, 4.69) is 43.7 Å². The number of ether oxygens (including phenoxy) is 2. The molecule has 5 aromatic rings. The van der Waals surface area contributed by atoms with Crippen LogP contribution in [0, 0.1) is 23.5 Å². The summed E-state index contributed by atoms with van der Waals surface area (Å²) in [5.41, 5.74) is 7.57. The van der Waals surface area contributed by atoms with Gasteiger partial charge in [-0.25, -0.2) is 13.6 Å². The molecule has 1 saturated carbocycles. The summed E-state index contributed by atoms with van der Waals surface area (Å²) in [7, 11) is 1.89. The van der Waals surface area contributed by atoms with Crippen molar-refractivity contribution in [1.29, 1.82) is 0 Å². The number of carbonyl (C=O) groups excluding carboxylic acids is 4. The molecule has 5 N–H and O–H groups in total. The maximum Gasteiger partial charge on any atom is 0.329 e. The molecule has 73 heavy (non-hydrogen) atoms. The number of amides is 5. The first-order valence-electron chi connectivity index (χ1n) is 25.7. The molecule has 3 saturated heterocycles. The first kappa shape index (κ1) is 50.4. The molecular weight excluding hydrogens is 958 g/mol. The minimum Gasteiger partial charge on any atom is -0.488 e. The number of rotatable bonds is 14. The van der Waals surface area contributed by atoms with Crippen molar-refractivity contribution in [3.63, 3.8) is 0 Å². The Kier molecular flexibility index (Phi) is 14.5. The van der Waals surface area contributed by atoms with E-state index in [1.165, 1.54) is 23.8 Å². The molecule has 4 aliphatic heterocycles. The highest BCUT2D eigenvalue weighted by Crippen LogP contribution is 2.56. The van der Waals surface area contributed by atoms with Crippen LogP contribution in [0.4, 0.5) is 19.4 Å². The summed E-state index contributed by atoms with van der Waals surface area (Å²) in [6, 6.07) is 19.4. The van der Waals surface area contributed by atoms with E-state index in [1.54, 1.807) is 4.90 Å². The molecule has 5 heterocycles. The van der Waals surface area contributed by atoms with Crippen molar-refractivity contribution >= 4 is 52.1 Å². The Morgan fingerprint density at radius 1 is 0.945 bits per heavy atom. The average Bonchev–Trinajstić information content (AvgIpc) is 3.88. The minimum atomic E-state index is -1.10. The lowest BCUT2D eigenvalue weighted by atomic mass is 9.77. The number of nitrogens with two attached hydrogens (primary N) is 1. The summed E-state index contributed by atoms with van der Waals surface area (Å²) in [5.74, 6) is -1.93. The number of aromatic nitrogens is 2. The Balaban J connectivity index is 0.731. The summed E-state index contributed by atoms with van der Waals surface area (Å²) >= 11 is 6.73. The number of anilines is 1. The van der Waals surface area contributed by atoms with Crippen molar-refractivity contribution in [1.82, 2.24) is 30.2 Å². The van der Waals surface area contributed by atoms with E-state index in [0.29, 0.717) is 36.3 Å². The van der Waals surface area contributed by atoms with Crippen molar-refractivity contribution < 1.29 is 42.5 Å². The first-order valence-corrected chi connectivity index (χ1v) is 26.1. The number of primary amides is 1. The summed E-state index contributed by atoms with van der Waals surface area (Å²) < 4.78 is 46.4. The van der Waals surface area contributed by atoms with Gasteiger partial charge < -0.3 is 35.4 Å². The predicted molar refractivity (Wildman–Crippen MR) is 273 cm³/mol. The number of imide groups is 1.